The molecule has 0 spiro atoms. The van der Waals surface area contributed by atoms with E-state index in [9.17, 15) is 8.42 Å². The first-order valence-electron chi connectivity index (χ1n) is 5.91. The third kappa shape index (κ3) is 3.46. The number of sulfonamides is 1. The second-order valence-electron chi connectivity index (χ2n) is 4.92. The summed E-state index contributed by atoms with van der Waals surface area (Å²) in [6, 6.07) is 5.29. The molecule has 1 unspecified atom stereocenters. The molecule has 18 heavy (non-hydrogen) atoms. The Morgan fingerprint density at radius 2 is 1.94 bits per heavy atom. The molecule has 0 saturated carbocycles. The van der Waals surface area contributed by atoms with E-state index in [-0.39, 0.29) is 5.88 Å². The Kier molecular flexibility index (Phi) is 4.81. The minimum atomic E-state index is -3.52. The van der Waals surface area contributed by atoms with Gasteiger partial charge in [0.15, 0.2) is 0 Å². The lowest BCUT2D eigenvalue weighted by atomic mass is 10.0. The lowest BCUT2D eigenvalue weighted by Crippen LogP contribution is -2.47. The molecule has 3 nitrogen and oxygen atoms in total. The van der Waals surface area contributed by atoms with Gasteiger partial charge >= 0.3 is 0 Å². The Morgan fingerprint density at radius 3 is 2.39 bits per heavy atom. The van der Waals surface area contributed by atoms with E-state index >= 15 is 0 Å². The second-order valence-corrected chi connectivity index (χ2v) is 6.84. The molecule has 0 aliphatic heterocycles. The van der Waals surface area contributed by atoms with E-state index in [0.29, 0.717) is 11.3 Å². The topological polar surface area (TPSA) is 46.2 Å². The van der Waals surface area contributed by atoms with Crippen molar-refractivity contribution in [3.63, 3.8) is 0 Å². The highest BCUT2D eigenvalue weighted by molar-refractivity contribution is 7.89. The summed E-state index contributed by atoms with van der Waals surface area (Å²) in [5, 5.41) is 0. The van der Waals surface area contributed by atoms with Crippen LogP contribution in [0.4, 0.5) is 0 Å². The van der Waals surface area contributed by atoms with Crippen molar-refractivity contribution in [3.05, 3.63) is 29.3 Å². The molecule has 5 heteroatoms. The van der Waals surface area contributed by atoms with Crippen LogP contribution in [0.5, 0.6) is 0 Å². The summed E-state index contributed by atoms with van der Waals surface area (Å²) in [5.74, 6) is 0.244. The predicted molar refractivity (Wildman–Crippen MR) is 75.7 cm³/mol. The van der Waals surface area contributed by atoms with Crippen molar-refractivity contribution in [1.82, 2.24) is 4.72 Å². The van der Waals surface area contributed by atoms with Gasteiger partial charge in [-0.15, -0.1) is 11.6 Å². The Balaban J connectivity index is 3.15. The third-order valence-corrected chi connectivity index (χ3v) is 5.46. The minimum Gasteiger partial charge on any atom is -0.207 e. The molecule has 0 aliphatic rings. The van der Waals surface area contributed by atoms with Gasteiger partial charge in [0, 0.05) is 11.4 Å². The average molecular weight is 290 g/mol. The van der Waals surface area contributed by atoms with Gasteiger partial charge in [0.05, 0.1) is 4.90 Å². The number of hydrogen-bond acceptors (Lipinski definition) is 2. The molecule has 0 aromatic heterocycles. The third-order valence-electron chi connectivity index (χ3n) is 3.08. The predicted octanol–water partition coefficient (Wildman–Crippen LogP) is 2.99. The molecule has 1 rings (SSSR count). The van der Waals surface area contributed by atoms with E-state index in [4.69, 9.17) is 11.6 Å². The van der Waals surface area contributed by atoms with Crippen molar-refractivity contribution >= 4 is 21.6 Å². The molecule has 0 saturated heterocycles. The zero-order chi connectivity index (χ0) is 14.0. The van der Waals surface area contributed by atoms with Crippen LogP contribution in [0.15, 0.2) is 23.1 Å². The Bertz CT molecular complexity index is 522. The Hall–Kier alpha value is -0.580. The first-order valence-corrected chi connectivity index (χ1v) is 7.93. The van der Waals surface area contributed by atoms with E-state index in [0.717, 1.165) is 11.1 Å². The molecule has 0 fully saturated rings. The van der Waals surface area contributed by atoms with Gasteiger partial charge in [0.1, 0.15) is 0 Å². The van der Waals surface area contributed by atoms with Crippen molar-refractivity contribution in [2.45, 2.75) is 44.6 Å². The van der Waals surface area contributed by atoms with E-state index in [1.54, 1.807) is 26.0 Å². The van der Waals surface area contributed by atoms with Crippen LogP contribution < -0.4 is 4.72 Å². The van der Waals surface area contributed by atoms with Crippen LogP contribution in [0.1, 0.15) is 31.4 Å². The Morgan fingerprint density at radius 1 is 1.33 bits per heavy atom. The first-order chi connectivity index (χ1) is 8.24. The molecule has 0 heterocycles. The standard InChI is InChI=1S/C13H20ClNO2S/c1-5-13(4,9-14)15-18(16,17)12-7-6-10(2)8-11(12)3/h6-8,15H,5,9H2,1-4H3. The highest BCUT2D eigenvalue weighted by Gasteiger charge is 2.29. The smallest absolute Gasteiger partial charge is 0.207 e. The van der Waals surface area contributed by atoms with Crippen molar-refractivity contribution in [3.8, 4) is 0 Å². The van der Waals surface area contributed by atoms with Gasteiger partial charge in [-0.05, 0) is 38.8 Å². The zero-order valence-corrected chi connectivity index (χ0v) is 12.8. The van der Waals surface area contributed by atoms with Crippen molar-refractivity contribution < 1.29 is 8.42 Å². The van der Waals surface area contributed by atoms with Crippen LogP contribution in [0.2, 0.25) is 0 Å². The lowest BCUT2D eigenvalue weighted by Gasteiger charge is -2.27. The van der Waals surface area contributed by atoms with Gasteiger partial charge in [-0.2, -0.15) is 0 Å². The summed E-state index contributed by atoms with van der Waals surface area (Å²) >= 11 is 5.84. The highest BCUT2D eigenvalue weighted by atomic mass is 35.5. The molecular formula is C13H20ClNO2S. The normalized spacial score (nSPS) is 15.4. The van der Waals surface area contributed by atoms with Crippen molar-refractivity contribution in [2.24, 2.45) is 0 Å². The number of rotatable bonds is 5. The summed E-state index contributed by atoms with van der Waals surface area (Å²) < 4.78 is 27.3. The largest absolute Gasteiger partial charge is 0.241 e. The van der Waals surface area contributed by atoms with Gasteiger partial charge in [0.2, 0.25) is 10.0 Å². The fraction of sp³-hybridized carbons (Fsp3) is 0.538. The lowest BCUT2D eigenvalue weighted by molar-refractivity contribution is 0.444. The summed E-state index contributed by atoms with van der Waals surface area (Å²) in [4.78, 5) is 0.317. The number of halogens is 1. The number of nitrogens with one attached hydrogen (secondary N) is 1. The molecule has 1 aromatic rings. The van der Waals surface area contributed by atoms with Gasteiger partial charge in [-0.3, -0.25) is 0 Å². The van der Waals surface area contributed by atoms with Crippen LogP contribution >= 0.6 is 11.6 Å². The first kappa shape index (κ1) is 15.5. The van der Waals surface area contributed by atoms with Gasteiger partial charge in [0.25, 0.3) is 0 Å². The summed E-state index contributed by atoms with van der Waals surface area (Å²) in [6.07, 6.45) is 0.640. The maximum Gasteiger partial charge on any atom is 0.241 e. The van der Waals surface area contributed by atoms with E-state index in [1.807, 2.05) is 19.9 Å². The van der Waals surface area contributed by atoms with Crippen LogP contribution in [0.3, 0.4) is 0 Å². The zero-order valence-electron chi connectivity index (χ0n) is 11.2. The summed E-state index contributed by atoms with van der Waals surface area (Å²) in [7, 11) is -3.52. The van der Waals surface area contributed by atoms with Gasteiger partial charge < -0.3 is 0 Å². The summed E-state index contributed by atoms with van der Waals surface area (Å²) in [5.41, 5.74) is 1.18. The van der Waals surface area contributed by atoms with Crippen LogP contribution in [-0.4, -0.2) is 19.8 Å². The van der Waals surface area contributed by atoms with Crippen molar-refractivity contribution in [1.29, 1.82) is 0 Å². The molecule has 1 aromatic carbocycles. The highest BCUT2D eigenvalue weighted by Crippen LogP contribution is 2.20. The van der Waals surface area contributed by atoms with Gasteiger partial charge in [-0.25, -0.2) is 13.1 Å². The SMILES string of the molecule is CCC(C)(CCl)NS(=O)(=O)c1ccc(C)cc1C. The number of aryl methyl sites for hydroxylation is 2. The van der Waals surface area contributed by atoms with Crippen LogP contribution in [0, 0.1) is 13.8 Å². The molecule has 1 atom stereocenters. The average Bonchev–Trinajstić information content (AvgIpc) is 2.27. The molecular weight excluding hydrogens is 270 g/mol. The molecule has 1 N–H and O–H groups in total. The van der Waals surface area contributed by atoms with Gasteiger partial charge in [-0.1, -0.05) is 24.6 Å². The monoisotopic (exact) mass is 289 g/mol. The number of alkyl halides is 1. The number of benzene rings is 1. The molecule has 102 valence electrons. The molecule has 0 radical (unpaired) electrons. The van der Waals surface area contributed by atoms with Crippen LogP contribution in [-0.2, 0) is 10.0 Å². The van der Waals surface area contributed by atoms with E-state index < -0.39 is 15.6 Å². The minimum absolute atomic E-state index is 0.244. The maximum absolute atomic E-state index is 12.3. The van der Waals surface area contributed by atoms with E-state index in [2.05, 4.69) is 4.72 Å². The molecule has 0 aliphatic carbocycles. The summed E-state index contributed by atoms with van der Waals surface area (Å²) in [6.45, 7) is 7.45. The van der Waals surface area contributed by atoms with E-state index in [1.165, 1.54) is 0 Å². The number of hydrogen-bond donors (Lipinski definition) is 1. The van der Waals surface area contributed by atoms with Crippen molar-refractivity contribution in [2.75, 3.05) is 5.88 Å². The second kappa shape index (κ2) is 5.59. The fourth-order valence-corrected chi connectivity index (χ4v) is 3.71. The quantitative estimate of drug-likeness (QED) is 0.847. The maximum atomic E-state index is 12.3. The Labute approximate surface area is 115 Å². The molecule has 0 bridgehead atoms. The van der Waals surface area contributed by atoms with Crippen LogP contribution in [0.25, 0.3) is 0 Å². The fourth-order valence-electron chi connectivity index (χ4n) is 1.67. The molecule has 0 amide bonds.